The number of rotatable bonds is 5. The van der Waals surface area contributed by atoms with E-state index in [1.165, 1.54) is 18.2 Å². The lowest BCUT2D eigenvalue weighted by Crippen LogP contribution is -2.40. The van der Waals surface area contributed by atoms with Crippen LogP contribution in [-0.2, 0) is 0 Å². The predicted molar refractivity (Wildman–Crippen MR) is 118 cm³/mol. The van der Waals surface area contributed by atoms with Crippen LogP contribution in [0, 0.1) is 12.7 Å². The molecule has 0 unspecified atom stereocenters. The van der Waals surface area contributed by atoms with E-state index >= 15 is 0 Å². The highest BCUT2D eigenvalue weighted by atomic mass is 19.3. The molecule has 4 rings (SSSR count). The largest absolute Gasteiger partial charge is 0.478 e. The van der Waals surface area contributed by atoms with Crippen LogP contribution >= 0.6 is 0 Å². The number of piperidine rings is 1. The van der Waals surface area contributed by atoms with Gasteiger partial charge in [-0.15, -0.1) is 0 Å². The number of nitrogens with one attached hydrogen (secondary N) is 1. The number of hydrogen-bond donors (Lipinski definition) is 2. The lowest BCUT2D eigenvalue weighted by molar-refractivity contribution is -0.0221. The molecular formula is C24H24F3N3O2. The zero-order valence-corrected chi connectivity index (χ0v) is 17.8. The fraction of sp³-hybridized carbons (Fsp3) is 0.333. The van der Waals surface area contributed by atoms with E-state index in [4.69, 9.17) is 4.98 Å². The van der Waals surface area contributed by atoms with Crippen LogP contribution in [0.2, 0.25) is 0 Å². The van der Waals surface area contributed by atoms with E-state index in [2.05, 4.69) is 5.32 Å². The van der Waals surface area contributed by atoms with Crippen molar-refractivity contribution in [2.45, 2.75) is 38.7 Å². The van der Waals surface area contributed by atoms with E-state index in [1.807, 2.05) is 17.9 Å². The maximum absolute atomic E-state index is 14.4. The molecule has 8 heteroatoms. The summed E-state index contributed by atoms with van der Waals surface area (Å²) < 4.78 is 41.7. The minimum atomic E-state index is -2.66. The number of carboxylic acid groups (broad SMARTS) is 1. The van der Waals surface area contributed by atoms with Gasteiger partial charge in [-0.05, 0) is 49.7 Å². The second kappa shape index (κ2) is 8.33. The summed E-state index contributed by atoms with van der Waals surface area (Å²) in [5.41, 5.74) is 2.42. The summed E-state index contributed by atoms with van der Waals surface area (Å²) in [6.07, 6.45) is -0.460. The highest BCUT2D eigenvalue weighted by molar-refractivity contribution is 5.94. The van der Waals surface area contributed by atoms with Gasteiger partial charge in [-0.25, -0.2) is 22.9 Å². The van der Waals surface area contributed by atoms with Crippen molar-refractivity contribution in [3.63, 3.8) is 0 Å². The van der Waals surface area contributed by atoms with Crippen LogP contribution in [0.5, 0.6) is 0 Å². The lowest BCUT2D eigenvalue weighted by Gasteiger charge is -2.33. The number of aromatic carboxylic acids is 1. The summed E-state index contributed by atoms with van der Waals surface area (Å²) in [7, 11) is 0. The molecule has 1 aliphatic heterocycles. The number of carbonyl (C=O) groups is 1. The molecule has 0 aliphatic carbocycles. The molecule has 1 saturated heterocycles. The van der Waals surface area contributed by atoms with Crippen LogP contribution in [0.1, 0.15) is 47.3 Å². The van der Waals surface area contributed by atoms with Gasteiger partial charge >= 0.3 is 5.97 Å². The first kappa shape index (κ1) is 21.9. The fourth-order valence-corrected chi connectivity index (χ4v) is 4.18. The Bertz CT molecular complexity index is 1170. The number of para-hydroxylation sites is 1. The van der Waals surface area contributed by atoms with Crippen molar-refractivity contribution < 1.29 is 23.1 Å². The van der Waals surface area contributed by atoms with E-state index in [0.717, 1.165) is 5.56 Å². The number of halogens is 3. The van der Waals surface area contributed by atoms with Gasteiger partial charge < -0.3 is 15.3 Å². The zero-order valence-electron chi connectivity index (χ0n) is 17.8. The molecule has 0 radical (unpaired) electrons. The number of carboxylic acids is 1. The standard InChI is InChI=1S/C24H24F3N3O2/c1-14-11-16-12-17(25)13-19(15(2)28-20-6-4-3-5-18(20)23(31)32)21(16)29-22(14)30-9-7-24(26,27)8-10-30/h3-6,11-13,15,28H,7-10H2,1-2H3,(H,31,32)/t15-/m1/s1. The number of benzene rings is 2. The first-order chi connectivity index (χ1) is 15.1. The third-order valence-electron chi connectivity index (χ3n) is 5.87. The monoisotopic (exact) mass is 443 g/mol. The molecule has 3 aromatic rings. The third-order valence-corrected chi connectivity index (χ3v) is 5.87. The number of nitrogens with zero attached hydrogens (tertiary/aromatic N) is 2. The van der Waals surface area contributed by atoms with Crippen LogP contribution in [0.25, 0.3) is 10.9 Å². The summed E-state index contributed by atoms with van der Waals surface area (Å²) in [5, 5.41) is 13.2. The van der Waals surface area contributed by atoms with Gasteiger partial charge in [0, 0.05) is 42.6 Å². The second-order valence-electron chi connectivity index (χ2n) is 8.26. The maximum atomic E-state index is 14.4. The molecule has 0 bridgehead atoms. The van der Waals surface area contributed by atoms with Crippen molar-refractivity contribution in [1.29, 1.82) is 0 Å². The maximum Gasteiger partial charge on any atom is 0.337 e. The molecule has 2 N–H and O–H groups in total. The van der Waals surface area contributed by atoms with Gasteiger partial charge in [0.1, 0.15) is 11.6 Å². The Morgan fingerprint density at radius 2 is 1.88 bits per heavy atom. The van der Waals surface area contributed by atoms with Gasteiger partial charge in [0.25, 0.3) is 5.92 Å². The molecule has 0 saturated carbocycles. The van der Waals surface area contributed by atoms with Crippen molar-refractivity contribution in [3.05, 3.63) is 65.0 Å². The second-order valence-corrected chi connectivity index (χ2v) is 8.26. The molecule has 0 spiro atoms. The quantitative estimate of drug-likeness (QED) is 0.523. The number of fused-ring (bicyclic) bond motifs is 1. The third kappa shape index (κ3) is 4.35. The summed E-state index contributed by atoms with van der Waals surface area (Å²) >= 11 is 0. The van der Waals surface area contributed by atoms with E-state index in [0.29, 0.717) is 28.0 Å². The molecule has 1 atom stereocenters. The first-order valence-corrected chi connectivity index (χ1v) is 10.5. The molecular weight excluding hydrogens is 419 g/mol. The Labute approximate surface area is 183 Å². The Hall–Kier alpha value is -3.29. The minimum Gasteiger partial charge on any atom is -0.478 e. The Balaban J connectivity index is 1.73. The molecule has 1 fully saturated rings. The summed E-state index contributed by atoms with van der Waals surface area (Å²) in [6.45, 7) is 4.03. The molecule has 0 amide bonds. The Morgan fingerprint density at radius 1 is 1.19 bits per heavy atom. The van der Waals surface area contributed by atoms with Crippen molar-refractivity contribution in [1.82, 2.24) is 4.98 Å². The smallest absolute Gasteiger partial charge is 0.337 e. The highest BCUT2D eigenvalue weighted by Crippen LogP contribution is 2.34. The number of anilines is 2. The summed E-state index contributed by atoms with van der Waals surface area (Å²) in [6, 6.07) is 10.6. The molecule has 2 heterocycles. The molecule has 32 heavy (non-hydrogen) atoms. The van der Waals surface area contributed by atoms with Gasteiger partial charge in [-0.3, -0.25) is 0 Å². The number of alkyl halides is 2. The number of hydrogen-bond acceptors (Lipinski definition) is 4. The van der Waals surface area contributed by atoms with E-state index < -0.39 is 23.8 Å². The minimum absolute atomic E-state index is 0.110. The van der Waals surface area contributed by atoms with Crippen molar-refractivity contribution in [3.8, 4) is 0 Å². The van der Waals surface area contributed by atoms with Gasteiger partial charge in [0.2, 0.25) is 0 Å². The van der Waals surface area contributed by atoms with Gasteiger partial charge in [0.05, 0.1) is 17.1 Å². The van der Waals surface area contributed by atoms with Gasteiger partial charge in [-0.1, -0.05) is 12.1 Å². The molecule has 168 valence electrons. The van der Waals surface area contributed by atoms with Gasteiger partial charge in [-0.2, -0.15) is 0 Å². The molecule has 2 aromatic carbocycles. The average molecular weight is 443 g/mol. The van der Waals surface area contributed by atoms with E-state index in [-0.39, 0.29) is 31.5 Å². The highest BCUT2D eigenvalue weighted by Gasteiger charge is 2.35. The average Bonchev–Trinajstić information content (AvgIpc) is 2.73. The van der Waals surface area contributed by atoms with Crippen LogP contribution < -0.4 is 10.2 Å². The lowest BCUT2D eigenvalue weighted by atomic mass is 10.0. The normalized spacial score (nSPS) is 16.7. The summed E-state index contributed by atoms with van der Waals surface area (Å²) in [5.74, 6) is -3.55. The molecule has 1 aromatic heterocycles. The van der Waals surface area contributed by atoms with Crippen LogP contribution in [-0.4, -0.2) is 35.1 Å². The topological polar surface area (TPSA) is 65.5 Å². The Kier molecular flexibility index (Phi) is 5.71. The van der Waals surface area contributed by atoms with E-state index in [9.17, 15) is 23.1 Å². The summed E-state index contributed by atoms with van der Waals surface area (Å²) in [4.78, 5) is 18.1. The van der Waals surface area contributed by atoms with Gasteiger partial charge in [0.15, 0.2) is 0 Å². The van der Waals surface area contributed by atoms with Crippen molar-refractivity contribution >= 4 is 28.4 Å². The molecule has 1 aliphatic rings. The van der Waals surface area contributed by atoms with Crippen LogP contribution in [0.4, 0.5) is 24.7 Å². The molecule has 5 nitrogen and oxygen atoms in total. The first-order valence-electron chi connectivity index (χ1n) is 10.5. The van der Waals surface area contributed by atoms with Crippen LogP contribution in [0.3, 0.4) is 0 Å². The Morgan fingerprint density at radius 3 is 2.56 bits per heavy atom. The fourth-order valence-electron chi connectivity index (χ4n) is 4.18. The van der Waals surface area contributed by atoms with Crippen molar-refractivity contribution in [2.24, 2.45) is 0 Å². The number of aryl methyl sites for hydroxylation is 1. The van der Waals surface area contributed by atoms with E-state index in [1.54, 1.807) is 25.1 Å². The van der Waals surface area contributed by atoms with Crippen molar-refractivity contribution in [2.75, 3.05) is 23.3 Å². The number of aromatic nitrogens is 1. The van der Waals surface area contributed by atoms with Crippen LogP contribution in [0.15, 0.2) is 42.5 Å². The number of pyridine rings is 1. The zero-order chi connectivity index (χ0) is 23.0. The predicted octanol–water partition coefficient (Wildman–Crippen LogP) is 5.79. The SMILES string of the molecule is Cc1cc2cc(F)cc([C@@H](C)Nc3ccccc3C(=O)O)c2nc1N1CCC(F)(F)CC1.